The normalized spacial score (nSPS) is 10.7. The Balaban J connectivity index is 2.30. The number of rotatable bonds is 4. The van der Waals surface area contributed by atoms with E-state index in [-0.39, 0.29) is 11.0 Å². The largest absolute Gasteiger partial charge is 0.424 e. The molecule has 0 saturated carbocycles. The van der Waals surface area contributed by atoms with Crippen molar-refractivity contribution in [2.75, 3.05) is 0 Å². The number of aryl methyl sites for hydroxylation is 2. The predicted molar refractivity (Wildman–Crippen MR) is 88.0 cm³/mol. The van der Waals surface area contributed by atoms with Gasteiger partial charge >= 0.3 is 6.01 Å². The molecular weight excluding hydrogens is 282 g/mol. The van der Waals surface area contributed by atoms with E-state index >= 15 is 0 Å². The lowest BCUT2D eigenvalue weighted by Gasteiger charge is -2.12. The predicted octanol–water partition coefficient (Wildman–Crippen LogP) is 3.64. The van der Waals surface area contributed by atoms with Crippen molar-refractivity contribution in [1.29, 1.82) is 0 Å². The average Bonchev–Trinajstić information content (AvgIpc) is 2.37. The highest BCUT2D eigenvalue weighted by Gasteiger charge is 2.09. The first-order valence-electron chi connectivity index (χ1n) is 6.80. The Morgan fingerprint density at radius 1 is 1.19 bits per heavy atom. The van der Waals surface area contributed by atoms with Gasteiger partial charge in [-0.1, -0.05) is 32.1 Å². The summed E-state index contributed by atoms with van der Waals surface area (Å²) in [5.41, 5.74) is 9.37. The van der Waals surface area contributed by atoms with Crippen molar-refractivity contribution in [3.8, 4) is 11.8 Å². The Hall–Kier alpha value is -2.01. The molecule has 4 nitrogen and oxygen atoms in total. The zero-order valence-electron chi connectivity index (χ0n) is 12.7. The summed E-state index contributed by atoms with van der Waals surface area (Å²) in [4.78, 5) is 8.70. The summed E-state index contributed by atoms with van der Waals surface area (Å²) in [5, 5.41) is 0. The third-order valence-corrected chi connectivity index (χ3v) is 3.37. The summed E-state index contributed by atoms with van der Waals surface area (Å²) in [5.74, 6) is 1.19. The average molecular weight is 301 g/mol. The third-order valence-electron chi connectivity index (χ3n) is 3.16. The van der Waals surface area contributed by atoms with Crippen LogP contribution < -0.4 is 10.5 Å². The van der Waals surface area contributed by atoms with Crippen LogP contribution in [0.15, 0.2) is 24.3 Å². The third kappa shape index (κ3) is 3.76. The van der Waals surface area contributed by atoms with Gasteiger partial charge in [-0.25, -0.2) is 4.98 Å². The molecular formula is C16H19N3OS. The van der Waals surface area contributed by atoms with E-state index < -0.39 is 0 Å². The highest BCUT2D eigenvalue weighted by atomic mass is 32.1. The number of hydrogen-bond acceptors (Lipinski definition) is 4. The Labute approximate surface area is 130 Å². The fourth-order valence-corrected chi connectivity index (χ4v) is 2.28. The van der Waals surface area contributed by atoms with E-state index in [1.165, 1.54) is 11.1 Å². The van der Waals surface area contributed by atoms with Crippen LogP contribution in [0.2, 0.25) is 0 Å². The lowest BCUT2D eigenvalue weighted by Crippen LogP contribution is -2.13. The highest BCUT2D eigenvalue weighted by Crippen LogP contribution is 2.25. The van der Waals surface area contributed by atoms with Gasteiger partial charge in [0.1, 0.15) is 16.4 Å². The van der Waals surface area contributed by atoms with Crippen molar-refractivity contribution in [2.45, 2.75) is 33.6 Å². The summed E-state index contributed by atoms with van der Waals surface area (Å²) in [6.45, 7) is 8.26. The van der Waals surface area contributed by atoms with Crippen LogP contribution in [0.1, 0.15) is 42.3 Å². The van der Waals surface area contributed by atoms with E-state index in [2.05, 4.69) is 36.8 Å². The number of hydrogen-bond donors (Lipinski definition) is 1. The molecule has 0 aliphatic heterocycles. The van der Waals surface area contributed by atoms with E-state index in [0.29, 0.717) is 17.4 Å². The second kappa shape index (κ2) is 6.18. The fourth-order valence-electron chi connectivity index (χ4n) is 2.18. The SMILES string of the molecule is Cc1cc(C(N)=S)nc(Oc2ccc(C(C)C)c(C)c2)n1. The molecule has 0 atom stereocenters. The molecule has 0 aliphatic carbocycles. The molecule has 0 bridgehead atoms. The summed E-state index contributed by atoms with van der Waals surface area (Å²) in [6.07, 6.45) is 0. The summed E-state index contributed by atoms with van der Waals surface area (Å²) < 4.78 is 5.73. The van der Waals surface area contributed by atoms with Crippen LogP contribution in [0.25, 0.3) is 0 Å². The molecule has 0 unspecified atom stereocenters. The van der Waals surface area contributed by atoms with Crippen molar-refractivity contribution in [2.24, 2.45) is 5.73 Å². The second-order valence-corrected chi connectivity index (χ2v) is 5.76. The van der Waals surface area contributed by atoms with Crippen LogP contribution >= 0.6 is 12.2 Å². The lowest BCUT2D eigenvalue weighted by molar-refractivity contribution is 0.439. The number of nitrogens with two attached hydrogens (primary N) is 1. The molecule has 21 heavy (non-hydrogen) atoms. The van der Waals surface area contributed by atoms with Gasteiger partial charge in [0.05, 0.1) is 0 Å². The molecule has 110 valence electrons. The van der Waals surface area contributed by atoms with Crippen LogP contribution in [0.5, 0.6) is 11.8 Å². The zero-order chi connectivity index (χ0) is 15.6. The first-order chi connectivity index (χ1) is 9.86. The minimum absolute atomic E-state index is 0.233. The van der Waals surface area contributed by atoms with Crippen molar-refractivity contribution >= 4 is 17.2 Å². The molecule has 1 heterocycles. The molecule has 0 spiro atoms. The van der Waals surface area contributed by atoms with Crippen LogP contribution in [0, 0.1) is 13.8 Å². The van der Waals surface area contributed by atoms with Crippen molar-refractivity contribution in [3.05, 3.63) is 46.8 Å². The van der Waals surface area contributed by atoms with Gasteiger partial charge in [0.15, 0.2) is 0 Å². The van der Waals surface area contributed by atoms with Gasteiger partial charge in [-0.15, -0.1) is 0 Å². The number of benzene rings is 1. The molecule has 2 N–H and O–H groups in total. The molecule has 2 aromatic rings. The minimum Gasteiger partial charge on any atom is -0.424 e. The Kier molecular flexibility index (Phi) is 4.53. The number of thiocarbonyl (C=S) groups is 1. The molecule has 5 heteroatoms. The van der Waals surface area contributed by atoms with Crippen LogP contribution in [0.4, 0.5) is 0 Å². The standard InChI is InChI=1S/C16H19N3OS/c1-9(2)13-6-5-12(7-10(13)3)20-16-18-11(4)8-14(19-16)15(17)21/h5-9H,1-4H3,(H2,17,21). The molecule has 0 aliphatic rings. The first-order valence-corrected chi connectivity index (χ1v) is 7.21. The fraction of sp³-hybridized carbons (Fsp3) is 0.312. The smallest absolute Gasteiger partial charge is 0.322 e. The Morgan fingerprint density at radius 2 is 1.90 bits per heavy atom. The Bertz CT molecular complexity index is 683. The maximum Gasteiger partial charge on any atom is 0.322 e. The van der Waals surface area contributed by atoms with Gasteiger partial charge in [0, 0.05) is 5.69 Å². The van der Waals surface area contributed by atoms with Crippen LogP contribution in [-0.2, 0) is 0 Å². The van der Waals surface area contributed by atoms with Gasteiger partial charge in [0.2, 0.25) is 0 Å². The van der Waals surface area contributed by atoms with Gasteiger partial charge in [-0.3, -0.25) is 0 Å². The Morgan fingerprint density at radius 3 is 2.48 bits per heavy atom. The van der Waals surface area contributed by atoms with E-state index in [9.17, 15) is 0 Å². The highest BCUT2D eigenvalue weighted by molar-refractivity contribution is 7.80. The molecule has 0 amide bonds. The molecule has 2 rings (SSSR count). The number of aromatic nitrogens is 2. The van der Waals surface area contributed by atoms with E-state index in [4.69, 9.17) is 22.7 Å². The van der Waals surface area contributed by atoms with Gasteiger partial charge < -0.3 is 10.5 Å². The van der Waals surface area contributed by atoms with Crippen LogP contribution in [-0.4, -0.2) is 15.0 Å². The lowest BCUT2D eigenvalue weighted by atomic mass is 9.98. The van der Waals surface area contributed by atoms with Crippen molar-refractivity contribution in [1.82, 2.24) is 9.97 Å². The van der Waals surface area contributed by atoms with Gasteiger partial charge in [-0.2, -0.15) is 4.98 Å². The molecule has 0 saturated heterocycles. The maximum absolute atomic E-state index is 5.73. The molecule has 1 aromatic carbocycles. The van der Waals surface area contributed by atoms with Gasteiger partial charge in [-0.05, 0) is 49.1 Å². The number of ether oxygens (including phenoxy) is 1. The zero-order valence-corrected chi connectivity index (χ0v) is 13.5. The topological polar surface area (TPSA) is 61.0 Å². The van der Waals surface area contributed by atoms with Crippen molar-refractivity contribution < 1.29 is 4.74 Å². The van der Waals surface area contributed by atoms with Gasteiger partial charge in [0.25, 0.3) is 0 Å². The van der Waals surface area contributed by atoms with E-state index in [0.717, 1.165) is 5.69 Å². The molecule has 0 fully saturated rings. The summed E-state index contributed by atoms with van der Waals surface area (Å²) in [7, 11) is 0. The quantitative estimate of drug-likeness (QED) is 0.874. The summed E-state index contributed by atoms with van der Waals surface area (Å²) >= 11 is 4.94. The minimum atomic E-state index is 0.233. The van der Waals surface area contributed by atoms with E-state index in [1.54, 1.807) is 6.07 Å². The monoisotopic (exact) mass is 301 g/mol. The van der Waals surface area contributed by atoms with Crippen molar-refractivity contribution in [3.63, 3.8) is 0 Å². The summed E-state index contributed by atoms with van der Waals surface area (Å²) in [6, 6.07) is 7.98. The van der Waals surface area contributed by atoms with Crippen LogP contribution in [0.3, 0.4) is 0 Å². The second-order valence-electron chi connectivity index (χ2n) is 5.32. The maximum atomic E-state index is 5.73. The molecule has 1 aromatic heterocycles. The molecule has 0 radical (unpaired) electrons. The van der Waals surface area contributed by atoms with E-state index in [1.807, 2.05) is 19.1 Å². The number of nitrogens with zero attached hydrogens (tertiary/aromatic N) is 2. The first kappa shape index (κ1) is 15.4.